The lowest BCUT2D eigenvalue weighted by Crippen LogP contribution is -2.27. The molecule has 0 aliphatic carbocycles. The Balaban J connectivity index is 2.27. The second kappa shape index (κ2) is 6.54. The summed E-state index contributed by atoms with van der Waals surface area (Å²) in [6.45, 7) is 1.80. The maximum absolute atomic E-state index is 12.0. The van der Waals surface area contributed by atoms with Crippen LogP contribution in [0.15, 0.2) is 30.7 Å². The molecule has 0 unspecified atom stereocenters. The summed E-state index contributed by atoms with van der Waals surface area (Å²) in [4.78, 5) is 4.11. The van der Waals surface area contributed by atoms with Gasteiger partial charge < -0.3 is 0 Å². The van der Waals surface area contributed by atoms with Gasteiger partial charge in [-0.1, -0.05) is 12.1 Å². The minimum atomic E-state index is -3.59. The Morgan fingerprint density at radius 3 is 2.46 bits per heavy atom. The number of rotatable bonds is 6. The van der Waals surface area contributed by atoms with Crippen LogP contribution < -0.4 is 4.72 Å². The van der Waals surface area contributed by atoms with Crippen molar-refractivity contribution in [2.45, 2.75) is 13.3 Å². The van der Waals surface area contributed by atoms with Crippen LogP contribution in [0.2, 0.25) is 0 Å². The fourth-order valence-corrected chi connectivity index (χ4v) is 3.47. The highest BCUT2D eigenvalue weighted by atomic mass is 32.2. The molecule has 1 N–H and O–H groups in total. The summed E-state index contributed by atoms with van der Waals surface area (Å²) in [5, 5.41) is 0. The number of hydrogen-bond acceptors (Lipinski definition) is 5. The van der Waals surface area contributed by atoms with E-state index in [2.05, 4.69) is 9.71 Å². The fourth-order valence-electron chi connectivity index (χ4n) is 2.05. The molecule has 0 fully saturated rings. The summed E-state index contributed by atoms with van der Waals surface area (Å²) in [7, 11) is -4.07. The molecule has 0 saturated carbocycles. The van der Waals surface area contributed by atoms with Crippen molar-refractivity contribution < 1.29 is 16.8 Å². The SMILES string of the molecule is Cc1ccc(Cc2cn(S(=O)(=O)N(C)C)cn2)cc1NS(C)(=O)=O. The van der Waals surface area contributed by atoms with E-state index in [0.29, 0.717) is 17.8 Å². The second-order valence-corrected chi connectivity index (χ2v) is 9.48. The van der Waals surface area contributed by atoms with E-state index in [9.17, 15) is 16.8 Å². The number of anilines is 1. The minimum absolute atomic E-state index is 0.384. The van der Waals surface area contributed by atoms with Crippen molar-refractivity contribution in [3.05, 3.63) is 47.5 Å². The van der Waals surface area contributed by atoms with Crippen LogP contribution in [-0.4, -0.2) is 50.4 Å². The molecular formula is C14H20N4O4S2. The van der Waals surface area contributed by atoms with Crippen molar-refractivity contribution in [1.82, 2.24) is 13.3 Å². The van der Waals surface area contributed by atoms with Crippen molar-refractivity contribution in [3.63, 3.8) is 0 Å². The fraction of sp³-hybridized carbons (Fsp3) is 0.357. The van der Waals surface area contributed by atoms with Gasteiger partial charge in [-0.15, -0.1) is 0 Å². The van der Waals surface area contributed by atoms with E-state index < -0.39 is 20.2 Å². The summed E-state index contributed by atoms with van der Waals surface area (Å²) >= 11 is 0. The number of sulfonamides is 1. The number of aryl methyl sites for hydroxylation is 1. The molecule has 1 heterocycles. The van der Waals surface area contributed by atoms with Gasteiger partial charge in [0.05, 0.1) is 17.6 Å². The third-order valence-electron chi connectivity index (χ3n) is 3.32. The van der Waals surface area contributed by atoms with Crippen LogP contribution in [0.5, 0.6) is 0 Å². The number of aromatic nitrogens is 2. The molecule has 0 saturated heterocycles. The first-order valence-electron chi connectivity index (χ1n) is 7.02. The molecule has 1 aromatic carbocycles. The van der Waals surface area contributed by atoms with Gasteiger partial charge >= 0.3 is 10.2 Å². The van der Waals surface area contributed by atoms with Crippen molar-refractivity contribution in [3.8, 4) is 0 Å². The van der Waals surface area contributed by atoms with E-state index in [1.807, 2.05) is 6.07 Å². The normalized spacial score (nSPS) is 12.5. The lowest BCUT2D eigenvalue weighted by molar-refractivity contribution is 0.510. The summed E-state index contributed by atoms with van der Waals surface area (Å²) in [5.74, 6) is 0. The maximum Gasteiger partial charge on any atom is 0.308 e. The van der Waals surface area contributed by atoms with Crippen molar-refractivity contribution >= 4 is 25.9 Å². The minimum Gasteiger partial charge on any atom is -0.284 e. The summed E-state index contributed by atoms with van der Waals surface area (Å²) in [6.07, 6.45) is 4.16. The molecule has 24 heavy (non-hydrogen) atoms. The molecule has 0 spiro atoms. The lowest BCUT2D eigenvalue weighted by atomic mass is 10.1. The van der Waals surface area contributed by atoms with Crippen LogP contribution in [-0.2, 0) is 26.7 Å². The average molecular weight is 372 g/mol. The highest BCUT2D eigenvalue weighted by Crippen LogP contribution is 2.20. The Morgan fingerprint density at radius 2 is 1.88 bits per heavy atom. The van der Waals surface area contributed by atoms with Gasteiger partial charge in [0, 0.05) is 26.7 Å². The van der Waals surface area contributed by atoms with E-state index in [4.69, 9.17) is 0 Å². The molecule has 0 atom stereocenters. The van der Waals surface area contributed by atoms with Crippen LogP contribution in [0.4, 0.5) is 5.69 Å². The zero-order valence-electron chi connectivity index (χ0n) is 13.9. The molecule has 10 heteroatoms. The molecular weight excluding hydrogens is 352 g/mol. The van der Waals surface area contributed by atoms with Crippen molar-refractivity contribution in [1.29, 1.82) is 0 Å². The monoisotopic (exact) mass is 372 g/mol. The highest BCUT2D eigenvalue weighted by Gasteiger charge is 2.17. The Hall–Kier alpha value is -1.91. The first-order valence-corrected chi connectivity index (χ1v) is 10.3. The molecule has 8 nitrogen and oxygen atoms in total. The Kier molecular flexibility index (Phi) is 5.02. The molecule has 0 aliphatic rings. The molecule has 2 aromatic rings. The Bertz CT molecular complexity index is 947. The van der Waals surface area contributed by atoms with Gasteiger partial charge in [0.2, 0.25) is 10.0 Å². The summed E-state index contributed by atoms with van der Waals surface area (Å²) in [5.41, 5.74) is 2.68. The zero-order valence-corrected chi connectivity index (χ0v) is 15.5. The first kappa shape index (κ1) is 18.4. The van der Waals surface area contributed by atoms with Crippen LogP contribution >= 0.6 is 0 Å². The molecule has 0 aliphatic heterocycles. The van der Waals surface area contributed by atoms with Gasteiger partial charge in [0.15, 0.2) is 0 Å². The highest BCUT2D eigenvalue weighted by molar-refractivity contribution is 7.92. The van der Waals surface area contributed by atoms with E-state index in [0.717, 1.165) is 25.7 Å². The molecule has 0 radical (unpaired) electrons. The molecule has 0 bridgehead atoms. The first-order chi connectivity index (χ1) is 11.0. The zero-order chi connectivity index (χ0) is 18.1. The Labute approximate surface area is 142 Å². The number of hydrogen-bond donors (Lipinski definition) is 1. The van der Waals surface area contributed by atoms with Crippen molar-refractivity contribution in [2.24, 2.45) is 0 Å². The smallest absolute Gasteiger partial charge is 0.284 e. The topological polar surface area (TPSA) is 101 Å². The van der Waals surface area contributed by atoms with Crippen LogP contribution in [0.3, 0.4) is 0 Å². The third kappa shape index (κ3) is 4.34. The average Bonchev–Trinajstić information content (AvgIpc) is 2.90. The van der Waals surface area contributed by atoms with Gasteiger partial charge in [-0.3, -0.25) is 4.72 Å². The predicted molar refractivity (Wildman–Crippen MR) is 92.7 cm³/mol. The van der Waals surface area contributed by atoms with Crippen LogP contribution in [0.1, 0.15) is 16.8 Å². The van der Waals surface area contributed by atoms with Gasteiger partial charge in [0.25, 0.3) is 0 Å². The lowest BCUT2D eigenvalue weighted by Gasteiger charge is -2.11. The second-order valence-electron chi connectivity index (χ2n) is 5.69. The Morgan fingerprint density at radius 1 is 1.21 bits per heavy atom. The summed E-state index contributed by atoms with van der Waals surface area (Å²) in [6, 6.07) is 5.37. The number of nitrogens with one attached hydrogen (secondary N) is 1. The molecule has 132 valence electrons. The predicted octanol–water partition coefficient (Wildman–Crippen LogP) is 0.808. The van der Waals surface area contributed by atoms with Gasteiger partial charge in [-0.25, -0.2) is 17.4 Å². The molecule has 2 rings (SSSR count). The van der Waals surface area contributed by atoms with Gasteiger partial charge in [-0.05, 0) is 24.1 Å². The van der Waals surface area contributed by atoms with Crippen molar-refractivity contribution in [2.75, 3.05) is 25.1 Å². The van der Waals surface area contributed by atoms with E-state index in [1.165, 1.54) is 26.6 Å². The number of nitrogens with zero attached hydrogens (tertiary/aromatic N) is 3. The molecule has 1 aromatic heterocycles. The largest absolute Gasteiger partial charge is 0.308 e. The van der Waals surface area contributed by atoms with Crippen LogP contribution in [0.25, 0.3) is 0 Å². The van der Waals surface area contributed by atoms with E-state index >= 15 is 0 Å². The number of benzene rings is 1. The standard InChI is InChI=1S/C14H20N4O4S2/c1-11-5-6-12(8-14(11)16-23(4,19)20)7-13-9-18(10-15-13)24(21,22)17(2)3/h5-6,8-10,16H,7H2,1-4H3. The molecule has 0 amide bonds. The number of imidazole rings is 1. The third-order valence-corrected chi connectivity index (χ3v) is 5.57. The summed E-state index contributed by atoms with van der Waals surface area (Å²) < 4.78 is 51.5. The van der Waals surface area contributed by atoms with E-state index in [1.54, 1.807) is 19.1 Å². The van der Waals surface area contributed by atoms with E-state index in [-0.39, 0.29) is 0 Å². The quantitative estimate of drug-likeness (QED) is 0.808. The maximum atomic E-state index is 12.0. The van der Waals surface area contributed by atoms with Crippen LogP contribution in [0, 0.1) is 6.92 Å². The van der Waals surface area contributed by atoms with Gasteiger partial charge in [0.1, 0.15) is 6.33 Å². The van der Waals surface area contributed by atoms with Gasteiger partial charge in [-0.2, -0.15) is 12.7 Å².